The molecular formula is C15H20FNO3. The van der Waals surface area contributed by atoms with Crippen LogP contribution in [0.2, 0.25) is 0 Å². The van der Waals surface area contributed by atoms with E-state index < -0.39 is 0 Å². The second-order valence-electron chi connectivity index (χ2n) is 4.83. The molecule has 1 aromatic carbocycles. The maximum Gasteiger partial charge on any atom is 0.309 e. The molecule has 1 aromatic rings. The standard InChI is InChI=1S/C15H20FNO3/c1-3-20-15(18)11-6-8-17(9-7-11)13-10-12(16)4-5-14(13)19-2/h4-5,10-11H,3,6-9H2,1-2H3. The number of carbonyl (C=O) groups excluding carboxylic acids is 1. The second-order valence-corrected chi connectivity index (χ2v) is 4.83. The van der Waals surface area contributed by atoms with Crippen molar-refractivity contribution in [1.29, 1.82) is 0 Å². The predicted octanol–water partition coefficient (Wildman–Crippen LogP) is 2.61. The Labute approximate surface area is 118 Å². The highest BCUT2D eigenvalue weighted by atomic mass is 19.1. The van der Waals surface area contributed by atoms with Gasteiger partial charge in [-0.1, -0.05) is 0 Å². The van der Waals surface area contributed by atoms with Gasteiger partial charge in [0.25, 0.3) is 0 Å². The summed E-state index contributed by atoms with van der Waals surface area (Å²) >= 11 is 0. The number of rotatable bonds is 4. The van der Waals surface area contributed by atoms with Crippen LogP contribution >= 0.6 is 0 Å². The van der Waals surface area contributed by atoms with E-state index in [1.165, 1.54) is 12.1 Å². The molecular weight excluding hydrogens is 261 g/mol. The number of piperidine rings is 1. The largest absolute Gasteiger partial charge is 0.495 e. The molecule has 0 aliphatic carbocycles. The maximum atomic E-state index is 13.4. The molecule has 0 bridgehead atoms. The van der Waals surface area contributed by atoms with Crippen LogP contribution in [0.3, 0.4) is 0 Å². The Morgan fingerprint density at radius 1 is 1.40 bits per heavy atom. The first kappa shape index (κ1) is 14.6. The third-order valence-corrected chi connectivity index (χ3v) is 3.60. The lowest BCUT2D eigenvalue weighted by molar-refractivity contribution is -0.148. The zero-order chi connectivity index (χ0) is 14.5. The van der Waals surface area contributed by atoms with Gasteiger partial charge in [-0.05, 0) is 31.9 Å². The molecule has 0 radical (unpaired) electrons. The van der Waals surface area contributed by atoms with Gasteiger partial charge in [0.05, 0.1) is 25.3 Å². The van der Waals surface area contributed by atoms with Crippen LogP contribution in [-0.2, 0) is 9.53 Å². The number of benzene rings is 1. The van der Waals surface area contributed by atoms with E-state index in [4.69, 9.17) is 9.47 Å². The smallest absolute Gasteiger partial charge is 0.309 e. The lowest BCUT2D eigenvalue weighted by Gasteiger charge is -2.33. The van der Waals surface area contributed by atoms with Gasteiger partial charge in [0.2, 0.25) is 0 Å². The van der Waals surface area contributed by atoms with Crippen LogP contribution in [0, 0.1) is 11.7 Å². The molecule has 1 heterocycles. The Balaban J connectivity index is 2.03. The average molecular weight is 281 g/mol. The van der Waals surface area contributed by atoms with Crippen LogP contribution in [0.25, 0.3) is 0 Å². The summed E-state index contributed by atoms with van der Waals surface area (Å²) in [7, 11) is 1.57. The number of ether oxygens (including phenoxy) is 2. The molecule has 0 unspecified atom stereocenters. The van der Waals surface area contributed by atoms with Gasteiger partial charge in [-0.25, -0.2) is 4.39 Å². The summed E-state index contributed by atoms with van der Waals surface area (Å²) < 4.78 is 23.7. The molecule has 1 saturated heterocycles. The van der Waals surface area contributed by atoms with Gasteiger partial charge in [0.15, 0.2) is 0 Å². The summed E-state index contributed by atoms with van der Waals surface area (Å²) in [5.41, 5.74) is 0.745. The fourth-order valence-electron chi connectivity index (χ4n) is 2.53. The first-order chi connectivity index (χ1) is 9.65. The van der Waals surface area contributed by atoms with Crippen LogP contribution in [-0.4, -0.2) is 32.8 Å². The lowest BCUT2D eigenvalue weighted by atomic mass is 9.96. The van der Waals surface area contributed by atoms with Crippen molar-refractivity contribution in [2.75, 3.05) is 31.7 Å². The number of carbonyl (C=O) groups is 1. The molecule has 4 nitrogen and oxygen atoms in total. The average Bonchev–Trinajstić information content (AvgIpc) is 2.47. The van der Waals surface area contributed by atoms with Gasteiger partial charge in [-0.3, -0.25) is 4.79 Å². The first-order valence-corrected chi connectivity index (χ1v) is 6.90. The van der Waals surface area contributed by atoms with Crippen molar-refractivity contribution in [2.45, 2.75) is 19.8 Å². The molecule has 5 heteroatoms. The number of methoxy groups -OCH3 is 1. The van der Waals surface area contributed by atoms with Crippen LogP contribution < -0.4 is 9.64 Å². The van der Waals surface area contributed by atoms with Crippen molar-refractivity contribution in [2.24, 2.45) is 5.92 Å². The molecule has 20 heavy (non-hydrogen) atoms. The van der Waals surface area contributed by atoms with Crippen molar-refractivity contribution in [3.8, 4) is 5.75 Å². The van der Waals surface area contributed by atoms with Gasteiger partial charge in [-0.15, -0.1) is 0 Å². The summed E-state index contributed by atoms with van der Waals surface area (Å²) in [4.78, 5) is 13.7. The quantitative estimate of drug-likeness (QED) is 0.795. The van der Waals surface area contributed by atoms with E-state index in [1.807, 2.05) is 6.92 Å². The van der Waals surface area contributed by atoms with Gasteiger partial charge in [0, 0.05) is 19.2 Å². The SMILES string of the molecule is CCOC(=O)C1CCN(c2cc(F)ccc2OC)CC1. The molecule has 1 aliphatic heterocycles. The third kappa shape index (κ3) is 3.21. The highest BCUT2D eigenvalue weighted by Crippen LogP contribution is 2.32. The summed E-state index contributed by atoms with van der Waals surface area (Å²) in [6, 6.07) is 4.49. The number of hydrogen-bond acceptors (Lipinski definition) is 4. The monoisotopic (exact) mass is 281 g/mol. The van der Waals surface area contributed by atoms with E-state index in [0.717, 1.165) is 18.5 Å². The van der Waals surface area contributed by atoms with Crippen LogP contribution in [0.15, 0.2) is 18.2 Å². The molecule has 110 valence electrons. The first-order valence-electron chi connectivity index (χ1n) is 6.90. The summed E-state index contributed by atoms with van der Waals surface area (Å²) in [6.07, 6.45) is 1.44. The van der Waals surface area contributed by atoms with Crippen LogP contribution in [0.4, 0.5) is 10.1 Å². The fraction of sp³-hybridized carbons (Fsp3) is 0.533. The van der Waals surface area contributed by atoms with E-state index in [0.29, 0.717) is 25.4 Å². The number of nitrogens with zero attached hydrogens (tertiary/aromatic N) is 1. The number of halogens is 1. The van der Waals surface area contributed by atoms with E-state index in [9.17, 15) is 9.18 Å². The minimum Gasteiger partial charge on any atom is -0.495 e. The summed E-state index contributed by atoms with van der Waals surface area (Å²) in [5, 5.41) is 0. The molecule has 0 atom stereocenters. The zero-order valence-electron chi connectivity index (χ0n) is 11.9. The fourth-order valence-corrected chi connectivity index (χ4v) is 2.53. The van der Waals surface area contributed by atoms with E-state index >= 15 is 0 Å². The second kappa shape index (κ2) is 6.59. The Bertz CT molecular complexity index is 470. The Hall–Kier alpha value is -1.78. The van der Waals surface area contributed by atoms with Crippen LogP contribution in [0.1, 0.15) is 19.8 Å². The summed E-state index contributed by atoms with van der Waals surface area (Å²) in [5.74, 6) is 0.193. The third-order valence-electron chi connectivity index (χ3n) is 3.60. The molecule has 0 N–H and O–H groups in total. The molecule has 1 aliphatic rings. The number of hydrogen-bond donors (Lipinski definition) is 0. The topological polar surface area (TPSA) is 38.8 Å². The van der Waals surface area contributed by atoms with Crippen molar-refractivity contribution in [3.05, 3.63) is 24.0 Å². The molecule has 0 spiro atoms. The van der Waals surface area contributed by atoms with Gasteiger partial charge in [0.1, 0.15) is 11.6 Å². The van der Waals surface area contributed by atoms with Crippen molar-refractivity contribution in [1.82, 2.24) is 0 Å². The zero-order valence-corrected chi connectivity index (χ0v) is 11.9. The molecule has 1 fully saturated rings. The van der Waals surface area contributed by atoms with Crippen molar-refractivity contribution in [3.63, 3.8) is 0 Å². The Morgan fingerprint density at radius 3 is 2.70 bits per heavy atom. The molecule has 0 saturated carbocycles. The Morgan fingerprint density at radius 2 is 2.10 bits per heavy atom. The predicted molar refractivity (Wildman–Crippen MR) is 74.5 cm³/mol. The molecule has 2 rings (SSSR count). The number of esters is 1. The minimum atomic E-state index is -0.284. The molecule has 0 amide bonds. The van der Waals surface area contributed by atoms with Crippen molar-refractivity contribution < 1.29 is 18.7 Å². The maximum absolute atomic E-state index is 13.4. The van der Waals surface area contributed by atoms with Gasteiger partial charge < -0.3 is 14.4 Å². The Kier molecular flexibility index (Phi) is 4.82. The van der Waals surface area contributed by atoms with E-state index in [2.05, 4.69) is 4.90 Å². The van der Waals surface area contributed by atoms with Gasteiger partial charge in [-0.2, -0.15) is 0 Å². The minimum absolute atomic E-state index is 0.0502. The highest BCUT2D eigenvalue weighted by molar-refractivity contribution is 5.73. The number of anilines is 1. The van der Waals surface area contributed by atoms with Crippen molar-refractivity contribution >= 4 is 11.7 Å². The normalized spacial score (nSPS) is 16.1. The highest BCUT2D eigenvalue weighted by Gasteiger charge is 2.27. The van der Waals surface area contributed by atoms with E-state index in [1.54, 1.807) is 13.2 Å². The van der Waals surface area contributed by atoms with Crippen LogP contribution in [0.5, 0.6) is 5.75 Å². The van der Waals surface area contributed by atoms with E-state index in [-0.39, 0.29) is 17.7 Å². The lowest BCUT2D eigenvalue weighted by Crippen LogP contribution is -2.37. The summed E-state index contributed by atoms with van der Waals surface area (Å²) in [6.45, 7) is 3.62. The van der Waals surface area contributed by atoms with Gasteiger partial charge >= 0.3 is 5.97 Å². The molecule has 0 aromatic heterocycles.